The number of hydrogen-bond donors (Lipinski definition) is 1. The second kappa shape index (κ2) is 10.5. The number of rotatable bonds is 3. The van der Waals surface area contributed by atoms with E-state index in [0.29, 0.717) is 6.29 Å². The molecule has 0 bridgehead atoms. The Morgan fingerprint density at radius 1 is 1.56 bits per heavy atom. The Kier molecular flexibility index (Phi) is 13.2. The lowest BCUT2D eigenvalue weighted by Gasteiger charge is -1.81. The Hall–Kier alpha value is -0.470. The van der Waals surface area contributed by atoms with Crippen LogP contribution in [0, 0.1) is 0 Å². The van der Waals surface area contributed by atoms with E-state index >= 15 is 0 Å². The molecule has 0 aromatic carbocycles. The van der Waals surface area contributed by atoms with Crippen LogP contribution < -0.4 is 0 Å². The molecule has 0 aliphatic carbocycles. The molecule has 0 fully saturated rings. The fraction of sp³-hybridized carbons (Fsp3) is 0.500. The Balaban J connectivity index is 0. The lowest BCUT2D eigenvalue weighted by Crippen LogP contribution is -1.76. The highest BCUT2D eigenvalue weighted by Crippen LogP contribution is 2.11. The van der Waals surface area contributed by atoms with Crippen LogP contribution in [-0.2, 0) is 14.2 Å². The van der Waals surface area contributed by atoms with Crippen LogP contribution in [0.15, 0.2) is 0 Å². The van der Waals surface area contributed by atoms with E-state index in [4.69, 9.17) is 9.69 Å². The maximum absolute atomic E-state index is 9.78. The monoisotopic (exact) mass is 152 g/mol. The van der Waals surface area contributed by atoms with Crippen LogP contribution in [0.3, 0.4) is 0 Å². The van der Waals surface area contributed by atoms with Gasteiger partial charge in [-0.25, -0.2) is 0 Å². The standard InChI is InChI=1S/C3H7O3P.CH2O/c4-2-1-3-7(5)6;1-2/h2,7H,1,3H2,(H,5,6);1H2. The van der Waals surface area contributed by atoms with E-state index in [1.807, 2.05) is 6.79 Å². The first kappa shape index (κ1) is 11.3. The topological polar surface area (TPSA) is 71.4 Å². The normalized spacial score (nSPS) is 10.8. The summed E-state index contributed by atoms with van der Waals surface area (Å²) < 4.78 is 9.78. The van der Waals surface area contributed by atoms with Gasteiger partial charge in [0.2, 0.25) is 0 Å². The molecule has 1 unspecified atom stereocenters. The van der Waals surface area contributed by atoms with Crippen molar-refractivity contribution in [1.29, 1.82) is 0 Å². The number of carbonyl (C=O) groups excluding carboxylic acids is 2. The first-order valence-corrected chi connectivity index (χ1v) is 3.78. The van der Waals surface area contributed by atoms with Gasteiger partial charge >= 0.3 is 0 Å². The van der Waals surface area contributed by atoms with Crippen LogP contribution in [0.1, 0.15) is 6.42 Å². The van der Waals surface area contributed by atoms with Crippen molar-refractivity contribution in [3.05, 3.63) is 0 Å². The molecule has 0 spiro atoms. The molecule has 4 nitrogen and oxygen atoms in total. The van der Waals surface area contributed by atoms with Crippen LogP contribution in [0.25, 0.3) is 0 Å². The zero-order chi connectivity index (χ0) is 7.70. The third-order valence-corrected chi connectivity index (χ3v) is 1.19. The van der Waals surface area contributed by atoms with E-state index < -0.39 is 8.03 Å². The largest absolute Gasteiger partial charge is 0.346 e. The van der Waals surface area contributed by atoms with Crippen molar-refractivity contribution in [3.8, 4) is 0 Å². The minimum atomic E-state index is -2.38. The summed E-state index contributed by atoms with van der Waals surface area (Å²) in [5, 5.41) is 0. The molecule has 0 heterocycles. The molecule has 0 aliphatic rings. The molecular weight excluding hydrogens is 143 g/mol. The van der Waals surface area contributed by atoms with Crippen LogP contribution in [-0.4, -0.2) is 24.1 Å². The zero-order valence-corrected chi connectivity index (χ0v) is 5.87. The molecule has 54 valence electrons. The molecule has 0 rings (SSSR count). The van der Waals surface area contributed by atoms with Gasteiger partial charge in [-0.05, 0) is 0 Å². The smallest absolute Gasteiger partial charge is 0.189 e. The SMILES string of the molecule is C=O.O=CCC[PH](=O)O. The highest BCUT2D eigenvalue weighted by atomic mass is 31.1. The fourth-order valence-corrected chi connectivity index (χ4v) is 0.547. The molecule has 0 amide bonds. The van der Waals surface area contributed by atoms with E-state index in [1.165, 1.54) is 0 Å². The summed E-state index contributed by atoms with van der Waals surface area (Å²) in [7, 11) is -2.38. The number of carbonyl (C=O) groups is 2. The van der Waals surface area contributed by atoms with Crippen molar-refractivity contribution in [2.24, 2.45) is 0 Å². The maximum atomic E-state index is 9.78. The van der Waals surface area contributed by atoms with Crippen LogP contribution in [0.4, 0.5) is 0 Å². The molecule has 0 aromatic rings. The highest BCUT2D eigenvalue weighted by Gasteiger charge is 1.87. The van der Waals surface area contributed by atoms with E-state index in [-0.39, 0.29) is 12.6 Å². The Morgan fingerprint density at radius 2 is 2.00 bits per heavy atom. The van der Waals surface area contributed by atoms with Crippen molar-refractivity contribution in [2.75, 3.05) is 6.16 Å². The molecule has 5 heteroatoms. The van der Waals surface area contributed by atoms with Crippen LogP contribution in [0.5, 0.6) is 0 Å². The summed E-state index contributed by atoms with van der Waals surface area (Å²) in [6, 6.07) is 0. The fourth-order valence-electron chi connectivity index (χ4n) is 0.182. The van der Waals surface area contributed by atoms with Gasteiger partial charge in [0.15, 0.2) is 8.03 Å². The van der Waals surface area contributed by atoms with Crippen LogP contribution >= 0.6 is 8.03 Å². The first-order chi connectivity index (χ1) is 4.27. The first-order valence-electron chi connectivity index (χ1n) is 2.21. The third-order valence-electron chi connectivity index (χ3n) is 0.476. The number of aldehydes is 1. The predicted octanol–water partition coefficient (Wildman–Crippen LogP) is -0.143. The predicted molar refractivity (Wildman–Crippen MR) is 33.9 cm³/mol. The second-order valence-electron chi connectivity index (χ2n) is 1.10. The molecule has 0 aliphatic heterocycles. The van der Waals surface area contributed by atoms with Gasteiger partial charge in [0.25, 0.3) is 0 Å². The summed E-state index contributed by atoms with van der Waals surface area (Å²) in [4.78, 5) is 25.5. The molecule has 9 heavy (non-hydrogen) atoms. The van der Waals surface area contributed by atoms with Gasteiger partial charge in [-0.1, -0.05) is 0 Å². The van der Waals surface area contributed by atoms with Crippen molar-refractivity contribution in [1.82, 2.24) is 0 Å². The highest BCUT2D eigenvalue weighted by molar-refractivity contribution is 7.38. The summed E-state index contributed by atoms with van der Waals surface area (Å²) in [5.74, 6) is 0. The molecule has 0 saturated carbocycles. The Morgan fingerprint density at radius 3 is 2.11 bits per heavy atom. The van der Waals surface area contributed by atoms with Crippen LogP contribution in [0.2, 0.25) is 0 Å². The minimum Gasteiger partial charge on any atom is -0.346 e. The quantitative estimate of drug-likeness (QED) is 0.451. The summed E-state index contributed by atoms with van der Waals surface area (Å²) in [5.41, 5.74) is 0. The van der Waals surface area contributed by atoms with E-state index in [0.717, 1.165) is 0 Å². The van der Waals surface area contributed by atoms with Crippen molar-refractivity contribution < 1.29 is 19.0 Å². The van der Waals surface area contributed by atoms with Gasteiger partial charge < -0.3 is 14.5 Å². The molecule has 1 atom stereocenters. The lowest BCUT2D eigenvalue weighted by molar-refractivity contribution is -0.107. The van der Waals surface area contributed by atoms with E-state index in [1.54, 1.807) is 0 Å². The Labute approximate surface area is 53.7 Å². The van der Waals surface area contributed by atoms with Gasteiger partial charge in [-0.3, -0.25) is 4.57 Å². The lowest BCUT2D eigenvalue weighted by atomic mass is 10.6. The average Bonchev–Trinajstić information content (AvgIpc) is 1.88. The van der Waals surface area contributed by atoms with Crippen molar-refractivity contribution >= 4 is 21.1 Å². The van der Waals surface area contributed by atoms with Crippen molar-refractivity contribution in [2.45, 2.75) is 6.42 Å². The zero-order valence-electron chi connectivity index (χ0n) is 4.87. The molecule has 0 radical (unpaired) electrons. The minimum absolute atomic E-state index is 0.133. The van der Waals surface area contributed by atoms with E-state index in [2.05, 4.69) is 0 Å². The number of hydrogen-bond acceptors (Lipinski definition) is 3. The molecule has 0 saturated heterocycles. The second-order valence-corrected chi connectivity index (χ2v) is 2.39. The average molecular weight is 152 g/mol. The van der Waals surface area contributed by atoms with Gasteiger partial charge in [-0.15, -0.1) is 0 Å². The molecule has 1 N–H and O–H groups in total. The summed E-state index contributed by atoms with van der Waals surface area (Å²) in [6.07, 6.45) is 0.973. The Bertz CT molecular complexity index is 92.6. The van der Waals surface area contributed by atoms with Gasteiger partial charge in [0, 0.05) is 12.6 Å². The van der Waals surface area contributed by atoms with Crippen molar-refractivity contribution in [3.63, 3.8) is 0 Å². The maximum Gasteiger partial charge on any atom is 0.189 e. The van der Waals surface area contributed by atoms with E-state index in [9.17, 15) is 9.36 Å². The van der Waals surface area contributed by atoms with Gasteiger partial charge in [0.1, 0.15) is 13.1 Å². The van der Waals surface area contributed by atoms with Gasteiger partial charge in [0.05, 0.1) is 0 Å². The third kappa shape index (κ3) is 18.5. The molecule has 0 aromatic heterocycles. The summed E-state index contributed by atoms with van der Waals surface area (Å²) in [6.45, 7) is 2.00. The molecular formula is C4H9O4P. The summed E-state index contributed by atoms with van der Waals surface area (Å²) >= 11 is 0. The van der Waals surface area contributed by atoms with Gasteiger partial charge in [-0.2, -0.15) is 0 Å².